The number of H-pyrrole nitrogens is 1. The molecule has 0 aliphatic carbocycles. The van der Waals surface area contributed by atoms with Crippen LogP contribution in [-0.4, -0.2) is 23.2 Å². The molecule has 1 aromatic heterocycles. The van der Waals surface area contributed by atoms with Crippen LogP contribution in [0.25, 0.3) is 0 Å². The molecular formula is C9H9F2NO4. The highest BCUT2D eigenvalue weighted by atomic mass is 19.3. The van der Waals surface area contributed by atoms with Crippen LogP contribution in [-0.2, 0) is 16.0 Å². The number of esters is 1. The molecule has 16 heavy (non-hydrogen) atoms. The van der Waals surface area contributed by atoms with E-state index in [-0.39, 0.29) is 12.1 Å². The lowest BCUT2D eigenvalue weighted by Gasteiger charge is -2.05. The molecule has 88 valence electrons. The van der Waals surface area contributed by atoms with Gasteiger partial charge in [0.2, 0.25) is 0 Å². The van der Waals surface area contributed by atoms with E-state index in [0.717, 1.165) is 7.11 Å². The number of hydrogen-bond donors (Lipinski definition) is 2. The van der Waals surface area contributed by atoms with Gasteiger partial charge < -0.3 is 14.8 Å². The molecule has 0 fully saturated rings. The summed E-state index contributed by atoms with van der Waals surface area (Å²) in [6, 6.07) is 0.641. The zero-order valence-electron chi connectivity index (χ0n) is 8.29. The largest absolute Gasteiger partial charge is 0.506 e. The maximum Gasteiger partial charge on any atom is 0.311 e. The zero-order valence-corrected chi connectivity index (χ0v) is 8.29. The predicted molar refractivity (Wildman–Crippen MR) is 49.4 cm³/mol. The summed E-state index contributed by atoms with van der Waals surface area (Å²) in [7, 11) is 1.13. The number of alkyl halides is 2. The van der Waals surface area contributed by atoms with Crippen LogP contribution in [0.5, 0.6) is 5.75 Å². The lowest BCUT2D eigenvalue weighted by molar-refractivity contribution is -0.139. The molecular weight excluding hydrogens is 224 g/mol. The number of hydrogen-bond acceptors (Lipinski definition) is 4. The molecule has 0 bridgehead atoms. The van der Waals surface area contributed by atoms with Crippen LogP contribution >= 0.6 is 0 Å². The number of aromatic hydroxyl groups is 1. The van der Waals surface area contributed by atoms with E-state index in [2.05, 4.69) is 4.74 Å². The van der Waals surface area contributed by atoms with E-state index in [1.54, 1.807) is 0 Å². The van der Waals surface area contributed by atoms with Crippen LogP contribution in [0.15, 0.2) is 10.9 Å². The molecule has 0 aromatic carbocycles. The van der Waals surface area contributed by atoms with Gasteiger partial charge in [-0.15, -0.1) is 0 Å². The number of pyridine rings is 1. The molecule has 7 heteroatoms. The Bertz CT molecular complexity index is 455. The molecule has 0 saturated heterocycles. The predicted octanol–water partition coefficient (Wildman–Crippen LogP) is 0.734. The first-order chi connectivity index (χ1) is 7.45. The van der Waals surface area contributed by atoms with Gasteiger partial charge in [0.05, 0.1) is 24.8 Å². The topological polar surface area (TPSA) is 79.4 Å². The van der Waals surface area contributed by atoms with Crippen molar-refractivity contribution in [3.8, 4) is 5.75 Å². The Balaban J connectivity index is 3.11. The first-order valence-electron chi connectivity index (χ1n) is 4.25. The minimum absolute atomic E-state index is 0.152. The molecule has 0 amide bonds. The van der Waals surface area contributed by atoms with Gasteiger partial charge in [-0.25, -0.2) is 8.78 Å². The quantitative estimate of drug-likeness (QED) is 0.754. The van der Waals surface area contributed by atoms with Crippen molar-refractivity contribution < 1.29 is 23.4 Å². The van der Waals surface area contributed by atoms with E-state index in [1.807, 2.05) is 4.98 Å². The average molecular weight is 233 g/mol. The lowest BCUT2D eigenvalue weighted by atomic mass is 10.2. The number of halogens is 2. The molecule has 0 unspecified atom stereocenters. The molecule has 1 rings (SSSR count). The highest BCUT2D eigenvalue weighted by Crippen LogP contribution is 2.21. The number of ether oxygens (including phenoxy) is 1. The first kappa shape index (κ1) is 12.2. The fraction of sp³-hybridized carbons (Fsp3) is 0.333. The molecule has 0 aliphatic heterocycles. The fourth-order valence-electron chi connectivity index (χ4n) is 1.09. The second kappa shape index (κ2) is 4.73. The monoisotopic (exact) mass is 233 g/mol. The highest BCUT2D eigenvalue weighted by Gasteiger charge is 2.17. The Morgan fingerprint density at radius 3 is 2.75 bits per heavy atom. The van der Waals surface area contributed by atoms with E-state index in [9.17, 15) is 23.5 Å². The van der Waals surface area contributed by atoms with Gasteiger partial charge in [-0.2, -0.15) is 0 Å². The summed E-state index contributed by atoms with van der Waals surface area (Å²) < 4.78 is 28.8. The molecule has 1 heterocycles. The highest BCUT2D eigenvalue weighted by molar-refractivity contribution is 5.72. The molecule has 0 radical (unpaired) electrons. The van der Waals surface area contributed by atoms with Gasteiger partial charge in [0.15, 0.2) is 0 Å². The fourth-order valence-corrected chi connectivity index (χ4v) is 1.09. The Morgan fingerprint density at radius 2 is 2.25 bits per heavy atom. The summed E-state index contributed by atoms with van der Waals surface area (Å²) in [5.74, 6) is -1.27. The van der Waals surface area contributed by atoms with Gasteiger partial charge in [0.1, 0.15) is 5.75 Å². The van der Waals surface area contributed by atoms with Gasteiger partial charge in [-0.05, 0) is 6.07 Å². The minimum atomic E-state index is -2.98. The van der Waals surface area contributed by atoms with Crippen molar-refractivity contribution in [3.05, 3.63) is 27.7 Å². The molecule has 0 atom stereocenters. The number of nitrogens with one attached hydrogen (secondary N) is 1. The Kier molecular flexibility index (Phi) is 3.60. The Morgan fingerprint density at radius 1 is 1.62 bits per heavy atom. The van der Waals surface area contributed by atoms with Gasteiger partial charge >= 0.3 is 5.97 Å². The summed E-state index contributed by atoms with van der Waals surface area (Å²) in [4.78, 5) is 24.0. The van der Waals surface area contributed by atoms with Crippen LogP contribution in [0.1, 0.15) is 17.7 Å². The number of rotatable bonds is 3. The first-order valence-corrected chi connectivity index (χ1v) is 4.25. The summed E-state index contributed by atoms with van der Waals surface area (Å²) in [5.41, 5.74) is -2.03. The number of aromatic nitrogens is 1. The van der Waals surface area contributed by atoms with Crippen molar-refractivity contribution in [3.63, 3.8) is 0 Å². The van der Waals surface area contributed by atoms with Crippen LogP contribution < -0.4 is 5.56 Å². The molecule has 0 aliphatic rings. The van der Waals surface area contributed by atoms with Gasteiger partial charge in [0, 0.05) is 0 Å². The zero-order chi connectivity index (χ0) is 12.3. The van der Waals surface area contributed by atoms with E-state index < -0.39 is 29.3 Å². The van der Waals surface area contributed by atoms with E-state index in [4.69, 9.17) is 0 Å². The van der Waals surface area contributed by atoms with Crippen molar-refractivity contribution in [2.45, 2.75) is 12.8 Å². The number of carbonyl (C=O) groups excluding carboxylic acids is 1. The van der Waals surface area contributed by atoms with Crippen LogP contribution in [0, 0.1) is 0 Å². The van der Waals surface area contributed by atoms with Crippen molar-refractivity contribution >= 4 is 5.97 Å². The van der Waals surface area contributed by atoms with Crippen molar-refractivity contribution in [2.75, 3.05) is 7.11 Å². The molecule has 0 saturated carbocycles. The maximum absolute atomic E-state index is 12.2. The normalized spacial score (nSPS) is 10.5. The Hall–Kier alpha value is -1.92. The van der Waals surface area contributed by atoms with Crippen LogP contribution in [0.2, 0.25) is 0 Å². The van der Waals surface area contributed by atoms with Crippen molar-refractivity contribution in [2.24, 2.45) is 0 Å². The second-order valence-electron chi connectivity index (χ2n) is 2.97. The SMILES string of the molecule is COC(=O)Cc1[nH]c(=O)c(C(F)F)cc1O. The van der Waals surface area contributed by atoms with E-state index in [0.29, 0.717) is 6.07 Å². The van der Waals surface area contributed by atoms with Gasteiger partial charge in [-0.3, -0.25) is 9.59 Å². The summed E-state index contributed by atoms with van der Waals surface area (Å²) >= 11 is 0. The standard InChI is InChI=1S/C9H9F2NO4/c1-16-7(14)3-5-6(13)2-4(8(10)11)9(15)12-5/h2,8,13H,3H2,1H3,(H,12,15). The molecule has 2 N–H and O–H groups in total. The third-order valence-corrected chi connectivity index (χ3v) is 1.91. The lowest BCUT2D eigenvalue weighted by Crippen LogP contribution is -2.17. The summed E-state index contributed by atoms with van der Waals surface area (Å²) in [6.45, 7) is 0. The maximum atomic E-state index is 12.2. The number of aromatic amines is 1. The third kappa shape index (κ3) is 2.56. The smallest absolute Gasteiger partial charge is 0.311 e. The van der Waals surface area contributed by atoms with Crippen LogP contribution in [0.4, 0.5) is 8.78 Å². The van der Waals surface area contributed by atoms with E-state index in [1.165, 1.54) is 0 Å². The van der Waals surface area contributed by atoms with E-state index >= 15 is 0 Å². The van der Waals surface area contributed by atoms with Crippen molar-refractivity contribution in [1.82, 2.24) is 4.98 Å². The van der Waals surface area contributed by atoms with Crippen molar-refractivity contribution in [1.29, 1.82) is 0 Å². The van der Waals surface area contributed by atoms with Crippen LogP contribution in [0.3, 0.4) is 0 Å². The van der Waals surface area contributed by atoms with Gasteiger partial charge in [0.25, 0.3) is 12.0 Å². The number of carbonyl (C=O) groups is 1. The van der Waals surface area contributed by atoms with Gasteiger partial charge in [-0.1, -0.05) is 0 Å². The minimum Gasteiger partial charge on any atom is -0.506 e. The second-order valence-corrected chi connectivity index (χ2v) is 2.97. The molecule has 5 nitrogen and oxygen atoms in total. The third-order valence-electron chi connectivity index (χ3n) is 1.91. The molecule has 1 aromatic rings. The molecule has 0 spiro atoms. The average Bonchev–Trinajstić information content (AvgIpc) is 2.22. The Labute approximate surface area is 88.7 Å². The number of methoxy groups -OCH3 is 1. The summed E-state index contributed by atoms with van der Waals surface area (Å²) in [6.07, 6.45) is -3.37. The summed E-state index contributed by atoms with van der Waals surface area (Å²) in [5, 5.41) is 9.30.